The van der Waals surface area contributed by atoms with Gasteiger partial charge in [-0.3, -0.25) is 0 Å². The number of thiophene rings is 1. The molecule has 0 bridgehead atoms. The summed E-state index contributed by atoms with van der Waals surface area (Å²) in [5.41, 5.74) is 2.48. The first kappa shape index (κ1) is 10.8. The fourth-order valence-electron chi connectivity index (χ4n) is 2.48. The van der Waals surface area contributed by atoms with Gasteiger partial charge in [0.2, 0.25) is 0 Å². The van der Waals surface area contributed by atoms with E-state index in [4.69, 9.17) is 0 Å². The standard InChI is InChI=1S/C18H11S/c1-2-6-13(7-3-1)14-10-11-18-16(12-14)15-8-4-5-9-17(15)19-18/h1-2,4-12H. The summed E-state index contributed by atoms with van der Waals surface area (Å²) < 4.78 is 2.71. The molecule has 4 aromatic rings. The van der Waals surface area contributed by atoms with Crippen molar-refractivity contribution >= 4 is 31.5 Å². The van der Waals surface area contributed by atoms with Crippen LogP contribution in [0.25, 0.3) is 31.3 Å². The molecular formula is C18H11S. The first-order valence-electron chi connectivity index (χ1n) is 6.29. The topological polar surface area (TPSA) is 0 Å². The van der Waals surface area contributed by atoms with Crippen molar-refractivity contribution in [2.45, 2.75) is 0 Å². The van der Waals surface area contributed by atoms with Crippen molar-refractivity contribution in [1.29, 1.82) is 0 Å². The van der Waals surface area contributed by atoms with E-state index in [-0.39, 0.29) is 0 Å². The lowest BCUT2D eigenvalue weighted by atomic mass is 10.0. The Kier molecular flexibility index (Phi) is 2.39. The zero-order valence-electron chi connectivity index (χ0n) is 10.3. The zero-order valence-corrected chi connectivity index (χ0v) is 11.1. The molecule has 4 rings (SSSR count). The number of hydrogen-bond donors (Lipinski definition) is 0. The Morgan fingerprint density at radius 1 is 0.737 bits per heavy atom. The van der Waals surface area contributed by atoms with Gasteiger partial charge in [0.15, 0.2) is 0 Å². The lowest BCUT2D eigenvalue weighted by Gasteiger charge is -2.01. The minimum atomic E-state index is 1.22. The van der Waals surface area contributed by atoms with Gasteiger partial charge in [-0.05, 0) is 41.5 Å². The van der Waals surface area contributed by atoms with Crippen molar-refractivity contribution in [3.63, 3.8) is 0 Å². The maximum atomic E-state index is 3.14. The average molecular weight is 259 g/mol. The highest BCUT2D eigenvalue weighted by molar-refractivity contribution is 7.25. The molecule has 1 heterocycles. The van der Waals surface area contributed by atoms with Crippen LogP contribution in [0.3, 0.4) is 0 Å². The second-order valence-electron chi connectivity index (χ2n) is 4.60. The van der Waals surface area contributed by atoms with Gasteiger partial charge >= 0.3 is 0 Å². The van der Waals surface area contributed by atoms with E-state index in [2.05, 4.69) is 54.6 Å². The van der Waals surface area contributed by atoms with Crippen molar-refractivity contribution in [2.75, 3.05) is 0 Å². The van der Waals surface area contributed by atoms with Gasteiger partial charge in [-0.15, -0.1) is 11.3 Å². The SMILES string of the molecule is [c]1cccc(-c2ccc3sc4ccccc4c3c2)c1. The molecule has 0 unspecified atom stereocenters. The Morgan fingerprint density at radius 3 is 2.53 bits per heavy atom. The van der Waals surface area contributed by atoms with Gasteiger partial charge in [0.05, 0.1) is 0 Å². The monoisotopic (exact) mass is 259 g/mol. The number of hydrogen-bond acceptors (Lipinski definition) is 1. The third-order valence-corrected chi connectivity index (χ3v) is 4.57. The van der Waals surface area contributed by atoms with E-state index in [0.29, 0.717) is 0 Å². The summed E-state index contributed by atoms with van der Waals surface area (Å²) in [6.45, 7) is 0. The predicted octanol–water partition coefficient (Wildman–Crippen LogP) is 5.52. The molecule has 1 heteroatoms. The van der Waals surface area contributed by atoms with Crippen LogP contribution in [0.4, 0.5) is 0 Å². The Morgan fingerprint density at radius 2 is 1.63 bits per heavy atom. The maximum Gasteiger partial charge on any atom is 0.0355 e. The normalized spacial score (nSPS) is 11.2. The van der Waals surface area contributed by atoms with Crippen LogP contribution < -0.4 is 0 Å². The Hall–Kier alpha value is -2.12. The first-order chi connectivity index (χ1) is 9.42. The van der Waals surface area contributed by atoms with Crippen molar-refractivity contribution in [3.05, 3.63) is 72.8 Å². The van der Waals surface area contributed by atoms with E-state index in [0.717, 1.165) is 0 Å². The van der Waals surface area contributed by atoms with E-state index in [1.807, 2.05) is 29.5 Å². The Bertz CT molecular complexity index is 857. The molecule has 0 saturated heterocycles. The van der Waals surface area contributed by atoms with Crippen LogP contribution in [0.1, 0.15) is 0 Å². The molecule has 0 saturated carbocycles. The molecule has 0 spiro atoms. The van der Waals surface area contributed by atoms with Crippen LogP contribution in [-0.4, -0.2) is 0 Å². The second kappa shape index (κ2) is 4.22. The highest BCUT2D eigenvalue weighted by Crippen LogP contribution is 2.35. The van der Waals surface area contributed by atoms with Crippen LogP contribution in [-0.2, 0) is 0 Å². The quantitative estimate of drug-likeness (QED) is 0.422. The molecule has 0 amide bonds. The van der Waals surface area contributed by atoms with Crippen molar-refractivity contribution < 1.29 is 0 Å². The lowest BCUT2D eigenvalue weighted by molar-refractivity contribution is 1.64. The summed E-state index contributed by atoms with van der Waals surface area (Å²) in [6.07, 6.45) is 0. The molecule has 0 nitrogen and oxygen atoms in total. The molecule has 0 aliphatic carbocycles. The molecule has 1 radical (unpaired) electrons. The van der Waals surface area contributed by atoms with E-state index in [9.17, 15) is 0 Å². The van der Waals surface area contributed by atoms with Crippen LogP contribution in [0.15, 0.2) is 66.7 Å². The minimum absolute atomic E-state index is 1.22. The van der Waals surface area contributed by atoms with Crippen LogP contribution in [0.2, 0.25) is 0 Å². The Balaban J connectivity index is 2.03. The predicted molar refractivity (Wildman–Crippen MR) is 83.6 cm³/mol. The van der Waals surface area contributed by atoms with Crippen molar-refractivity contribution in [3.8, 4) is 11.1 Å². The highest BCUT2D eigenvalue weighted by Gasteiger charge is 2.05. The van der Waals surface area contributed by atoms with Crippen molar-refractivity contribution in [2.24, 2.45) is 0 Å². The molecule has 0 N–H and O–H groups in total. The fourth-order valence-corrected chi connectivity index (χ4v) is 3.56. The van der Waals surface area contributed by atoms with E-state index >= 15 is 0 Å². The van der Waals surface area contributed by atoms with Gasteiger partial charge in [-0.2, -0.15) is 0 Å². The van der Waals surface area contributed by atoms with Crippen molar-refractivity contribution in [1.82, 2.24) is 0 Å². The number of rotatable bonds is 1. The second-order valence-corrected chi connectivity index (χ2v) is 5.69. The van der Waals surface area contributed by atoms with Gasteiger partial charge in [0.25, 0.3) is 0 Å². The van der Waals surface area contributed by atoms with Gasteiger partial charge < -0.3 is 0 Å². The van der Waals surface area contributed by atoms with Crippen LogP contribution >= 0.6 is 11.3 Å². The van der Waals surface area contributed by atoms with Crippen LogP contribution in [0.5, 0.6) is 0 Å². The van der Waals surface area contributed by atoms with E-state index < -0.39 is 0 Å². The van der Waals surface area contributed by atoms with Gasteiger partial charge in [0.1, 0.15) is 0 Å². The van der Waals surface area contributed by atoms with Gasteiger partial charge in [-0.25, -0.2) is 0 Å². The number of fused-ring (bicyclic) bond motifs is 3. The lowest BCUT2D eigenvalue weighted by Crippen LogP contribution is -1.76. The molecule has 0 aliphatic rings. The molecule has 0 fully saturated rings. The third kappa shape index (κ3) is 1.74. The molecule has 1 aromatic heterocycles. The van der Waals surface area contributed by atoms with Crippen LogP contribution in [0, 0.1) is 6.07 Å². The highest BCUT2D eigenvalue weighted by atomic mass is 32.1. The minimum Gasteiger partial charge on any atom is -0.135 e. The Labute approximate surface area is 115 Å². The zero-order chi connectivity index (χ0) is 12.7. The molecule has 0 atom stereocenters. The fraction of sp³-hybridized carbons (Fsp3) is 0. The summed E-state index contributed by atoms with van der Waals surface area (Å²) in [5.74, 6) is 0. The van der Waals surface area contributed by atoms with E-state index in [1.54, 1.807) is 0 Å². The summed E-state index contributed by atoms with van der Waals surface area (Å²) in [4.78, 5) is 0. The smallest absolute Gasteiger partial charge is 0.0355 e. The van der Waals surface area contributed by atoms with Gasteiger partial charge in [-0.1, -0.05) is 42.5 Å². The molecule has 89 valence electrons. The summed E-state index contributed by atoms with van der Waals surface area (Å²) in [5, 5.41) is 2.70. The first-order valence-corrected chi connectivity index (χ1v) is 7.11. The average Bonchev–Trinajstić information content (AvgIpc) is 2.86. The number of benzene rings is 3. The molecule has 19 heavy (non-hydrogen) atoms. The third-order valence-electron chi connectivity index (χ3n) is 3.42. The summed E-state index contributed by atoms with van der Waals surface area (Å²) in [7, 11) is 0. The molecular weight excluding hydrogens is 248 g/mol. The maximum absolute atomic E-state index is 3.14. The van der Waals surface area contributed by atoms with Gasteiger partial charge in [0, 0.05) is 20.2 Å². The molecule has 0 aliphatic heterocycles. The molecule has 3 aromatic carbocycles. The summed E-state index contributed by atoms with van der Waals surface area (Å²) >= 11 is 1.86. The summed E-state index contributed by atoms with van der Waals surface area (Å²) in [6, 6.07) is 26.6. The largest absolute Gasteiger partial charge is 0.135 e. The van der Waals surface area contributed by atoms with E-state index in [1.165, 1.54) is 31.3 Å².